The summed E-state index contributed by atoms with van der Waals surface area (Å²) in [6.07, 6.45) is 5.98. The van der Waals surface area contributed by atoms with Gasteiger partial charge < -0.3 is 9.47 Å². The van der Waals surface area contributed by atoms with E-state index in [9.17, 15) is 18.0 Å². The summed E-state index contributed by atoms with van der Waals surface area (Å²) in [5.74, 6) is -2.36. The highest BCUT2D eigenvalue weighted by Gasteiger charge is 2.27. The number of carbonyl (C=O) groups is 1. The molecule has 0 bridgehead atoms. The standard InChI is InChI=1S/C30H31F3O3/c1-3-5-19-6-8-21(9-7-19)25-16-17-26(29(33)28(25)32)30(34)36-22-12-10-20(11-13-22)24-15-14-23(35-4-2)18-27(24)31/h10-19,21H,3-9H2,1-2H3. The molecule has 3 aromatic carbocycles. The number of carbonyl (C=O) groups excluding carboxylic acids is 1. The van der Waals surface area contributed by atoms with Crippen LogP contribution in [0.2, 0.25) is 0 Å². The van der Waals surface area contributed by atoms with Crippen LogP contribution in [0.4, 0.5) is 13.2 Å². The highest BCUT2D eigenvalue weighted by Crippen LogP contribution is 2.39. The normalized spacial score (nSPS) is 17.6. The minimum absolute atomic E-state index is 0.0341. The first-order chi connectivity index (χ1) is 17.4. The smallest absolute Gasteiger partial charge is 0.346 e. The van der Waals surface area contributed by atoms with Gasteiger partial charge in [-0.1, -0.05) is 38.0 Å². The van der Waals surface area contributed by atoms with Gasteiger partial charge >= 0.3 is 5.97 Å². The quantitative estimate of drug-likeness (QED) is 0.232. The van der Waals surface area contributed by atoms with E-state index in [-0.39, 0.29) is 11.7 Å². The fourth-order valence-electron chi connectivity index (χ4n) is 5.06. The molecule has 0 saturated heterocycles. The van der Waals surface area contributed by atoms with Crippen LogP contribution in [0, 0.1) is 23.4 Å². The highest BCUT2D eigenvalue weighted by molar-refractivity contribution is 5.91. The van der Waals surface area contributed by atoms with Crippen molar-refractivity contribution in [2.75, 3.05) is 6.61 Å². The van der Waals surface area contributed by atoms with Gasteiger partial charge in [-0.25, -0.2) is 18.0 Å². The number of hydrogen-bond donors (Lipinski definition) is 0. The van der Waals surface area contributed by atoms with E-state index in [2.05, 4.69) is 6.92 Å². The number of benzene rings is 3. The van der Waals surface area contributed by atoms with Crippen molar-refractivity contribution in [1.29, 1.82) is 0 Å². The number of rotatable bonds is 8. The highest BCUT2D eigenvalue weighted by atomic mass is 19.2. The van der Waals surface area contributed by atoms with Gasteiger partial charge in [-0.15, -0.1) is 0 Å². The summed E-state index contributed by atoms with van der Waals surface area (Å²) in [5.41, 5.74) is 0.827. The maximum Gasteiger partial charge on any atom is 0.346 e. The lowest BCUT2D eigenvalue weighted by molar-refractivity contribution is 0.0728. The van der Waals surface area contributed by atoms with E-state index in [0.29, 0.717) is 35.0 Å². The lowest BCUT2D eigenvalue weighted by Crippen LogP contribution is -2.17. The molecule has 0 heterocycles. The minimum Gasteiger partial charge on any atom is -0.494 e. The van der Waals surface area contributed by atoms with Crippen molar-refractivity contribution < 1.29 is 27.4 Å². The van der Waals surface area contributed by atoms with Crippen LogP contribution in [0.15, 0.2) is 54.6 Å². The largest absolute Gasteiger partial charge is 0.494 e. The summed E-state index contributed by atoms with van der Waals surface area (Å²) in [5, 5.41) is 0. The molecule has 0 unspecified atom stereocenters. The van der Waals surface area contributed by atoms with Crippen molar-refractivity contribution in [3.8, 4) is 22.6 Å². The zero-order valence-electron chi connectivity index (χ0n) is 20.7. The van der Waals surface area contributed by atoms with E-state index in [4.69, 9.17) is 9.47 Å². The van der Waals surface area contributed by atoms with Crippen molar-refractivity contribution in [3.63, 3.8) is 0 Å². The molecule has 3 nitrogen and oxygen atoms in total. The molecule has 0 atom stereocenters. The molecule has 36 heavy (non-hydrogen) atoms. The second kappa shape index (κ2) is 11.6. The van der Waals surface area contributed by atoms with E-state index in [0.717, 1.165) is 32.1 Å². The molecule has 0 radical (unpaired) electrons. The number of esters is 1. The van der Waals surface area contributed by atoms with E-state index in [1.807, 2.05) is 6.92 Å². The predicted octanol–water partition coefficient (Wildman–Crippen LogP) is 8.46. The second-order valence-corrected chi connectivity index (χ2v) is 9.33. The molecule has 190 valence electrons. The predicted molar refractivity (Wildman–Crippen MR) is 134 cm³/mol. The van der Waals surface area contributed by atoms with Gasteiger partial charge in [0.15, 0.2) is 11.6 Å². The number of ether oxygens (including phenoxy) is 2. The van der Waals surface area contributed by atoms with E-state index in [1.54, 1.807) is 24.3 Å². The average molecular weight is 497 g/mol. The topological polar surface area (TPSA) is 35.5 Å². The molecule has 0 N–H and O–H groups in total. The third kappa shape index (κ3) is 5.75. The Kier molecular flexibility index (Phi) is 8.34. The number of hydrogen-bond acceptors (Lipinski definition) is 3. The van der Waals surface area contributed by atoms with Gasteiger partial charge in [0.25, 0.3) is 0 Å². The monoisotopic (exact) mass is 496 g/mol. The SMILES string of the molecule is CCCC1CCC(c2ccc(C(=O)Oc3ccc(-c4ccc(OCC)cc4F)cc3)c(F)c2F)CC1. The Morgan fingerprint density at radius 3 is 2.19 bits per heavy atom. The van der Waals surface area contributed by atoms with E-state index in [1.165, 1.54) is 36.8 Å². The maximum atomic E-state index is 14.9. The fourth-order valence-corrected chi connectivity index (χ4v) is 5.06. The molecular formula is C30H31F3O3. The molecule has 4 rings (SSSR count). The first-order valence-corrected chi connectivity index (χ1v) is 12.6. The molecule has 3 aromatic rings. The molecular weight excluding hydrogens is 465 g/mol. The Bertz CT molecular complexity index is 1200. The first kappa shape index (κ1) is 25.8. The van der Waals surface area contributed by atoms with Crippen LogP contribution in [-0.4, -0.2) is 12.6 Å². The molecule has 1 fully saturated rings. The first-order valence-electron chi connectivity index (χ1n) is 12.6. The van der Waals surface area contributed by atoms with E-state index >= 15 is 0 Å². The van der Waals surface area contributed by atoms with E-state index < -0.39 is 29.0 Å². The third-order valence-corrected chi connectivity index (χ3v) is 6.94. The van der Waals surface area contributed by atoms with Gasteiger partial charge in [-0.3, -0.25) is 0 Å². The van der Waals surface area contributed by atoms with Crippen LogP contribution in [0.3, 0.4) is 0 Å². The summed E-state index contributed by atoms with van der Waals surface area (Å²) >= 11 is 0. The lowest BCUT2D eigenvalue weighted by atomic mass is 9.77. The van der Waals surface area contributed by atoms with Crippen LogP contribution < -0.4 is 9.47 Å². The van der Waals surface area contributed by atoms with Crippen molar-refractivity contribution >= 4 is 5.97 Å². The fraction of sp³-hybridized carbons (Fsp3) is 0.367. The molecule has 0 amide bonds. The Morgan fingerprint density at radius 2 is 1.56 bits per heavy atom. The molecule has 0 aliphatic heterocycles. The van der Waals surface area contributed by atoms with Crippen LogP contribution >= 0.6 is 0 Å². The van der Waals surface area contributed by atoms with Crippen molar-refractivity contribution in [3.05, 3.63) is 83.2 Å². The summed E-state index contributed by atoms with van der Waals surface area (Å²) in [6.45, 7) is 4.42. The van der Waals surface area contributed by atoms with Gasteiger partial charge in [0, 0.05) is 11.6 Å². The molecule has 6 heteroatoms. The van der Waals surface area contributed by atoms with Crippen LogP contribution in [0.1, 0.15) is 74.2 Å². The zero-order valence-corrected chi connectivity index (χ0v) is 20.7. The van der Waals surface area contributed by atoms with Crippen molar-refractivity contribution in [2.45, 2.75) is 58.3 Å². The van der Waals surface area contributed by atoms with Crippen molar-refractivity contribution in [1.82, 2.24) is 0 Å². The molecule has 1 aliphatic rings. The summed E-state index contributed by atoms with van der Waals surface area (Å²) < 4.78 is 54.8. The third-order valence-electron chi connectivity index (χ3n) is 6.94. The van der Waals surface area contributed by atoms with Crippen LogP contribution in [-0.2, 0) is 0 Å². The Labute approximate surface area is 210 Å². The molecule has 1 aliphatic carbocycles. The van der Waals surface area contributed by atoms with Gasteiger partial charge in [0.1, 0.15) is 17.3 Å². The molecule has 0 spiro atoms. The van der Waals surface area contributed by atoms with Crippen molar-refractivity contribution in [2.24, 2.45) is 5.92 Å². The Hall–Kier alpha value is -3.28. The summed E-state index contributed by atoms with van der Waals surface area (Å²) in [4.78, 5) is 12.6. The average Bonchev–Trinajstić information content (AvgIpc) is 2.87. The molecule has 1 saturated carbocycles. The zero-order chi connectivity index (χ0) is 25.7. The summed E-state index contributed by atoms with van der Waals surface area (Å²) in [6, 6.07) is 13.6. The second-order valence-electron chi connectivity index (χ2n) is 9.33. The summed E-state index contributed by atoms with van der Waals surface area (Å²) in [7, 11) is 0. The van der Waals surface area contributed by atoms with Gasteiger partial charge in [-0.2, -0.15) is 0 Å². The number of halogens is 3. The van der Waals surface area contributed by atoms with Crippen LogP contribution in [0.5, 0.6) is 11.5 Å². The van der Waals surface area contributed by atoms with Gasteiger partial charge in [0.05, 0.1) is 12.2 Å². The maximum absolute atomic E-state index is 14.9. The lowest BCUT2D eigenvalue weighted by Gasteiger charge is -2.29. The van der Waals surface area contributed by atoms with Crippen LogP contribution in [0.25, 0.3) is 11.1 Å². The minimum atomic E-state index is -1.18. The van der Waals surface area contributed by atoms with Gasteiger partial charge in [-0.05, 0) is 85.9 Å². The Balaban J connectivity index is 1.44. The Morgan fingerprint density at radius 1 is 0.861 bits per heavy atom. The van der Waals surface area contributed by atoms with Gasteiger partial charge in [0.2, 0.25) is 0 Å². The molecule has 0 aromatic heterocycles.